The van der Waals surface area contributed by atoms with Crippen LogP contribution in [-0.4, -0.2) is 30.6 Å². The molecule has 5 nitrogen and oxygen atoms in total. The molecule has 0 bridgehead atoms. The van der Waals surface area contributed by atoms with Gasteiger partial charge in [0.05, 0.1) is 18.7 Å². The molecule has 1 heterocycles. The van der Waals surface area contributed by atoms with Crippen molar-refractivity contribution < 1.29 is 14.3 Å². The Balaban J connectivity index is 2.50. The molecular weight excluding hydrogens is 292 g/mol. The van der Waals surface area contributed by atoms with Crippen molar-refractivity contribution in [1.82, 2.24) is 10.2 Å². The monoisotopic (exact) mass is 316 g/mol. The fraction of sp³-hybridized carbons (Fsp3) is 0.444. The van der Waals surface area contributed by atoms with Crippen LogP contribution in [0.3, 0.4) is 0 Å². The first-order chi connectivity index (χ1) is 10.8. The number of methoxy groups -OCH3 is 1. The van der Waals surface area contributed by atoms with Crippen molar-refractivity contribution in [3.8, 4) is 0 Å². The average Bonchev–Trinajstić information content (AvgIpc) is 2.51. The Morgan fingerprint density at radius 3 is 2.39 bits per heavy atom. The van der Waals surface area contributed by atoms with Crippen LogP contribution in [0.25, 0.3) is 0 Å². The lowest BCUT2D eigenvalue weighted by molar-refractivity contribution is -0.136. The third-order valence-electron chi connectivity index (χ3n) is 3.96. The van der Waals surface area contributed by atoms with E-state index in [2.05, 4.69) is 5.32 Å². The van der Waals surface area contributed by atoms with E-state index in [1.807, 2.05) is 45.0 Å². The van der Waals surface area contributed by atoms with Crippen LogP contribution in [0.15, 0.2) is 35.5 Å². The number of benzene rings is 1. The van der Waals surface area contributed by atoms with Crippen molar-refractivity contribution >= 4 is 12.0 Å². The predicted molar refractivity (Wildman–Crippen MR) is 88.7 cm³/mol. The van der Waals surface area contributed by atoms with Crippen molar-refractivity contribution in [2.24, 2.45) is 5.92 Å². The lowest BCUT2D eigenvalue weighted by Crippen LogP contribution is -2.49. The van der Waals surface area contributed by atoms with Gasteiger partial charge >= 0.3 is 12.0 Å². The molecule has 1 aliphatic rings. The number of rotatable bonds is 4. The van der Waals surface area contributed by atoms with Crippen LogP contribution in [0.2, 0.25) is 0 Å². The van der Waals surface area contributed by atoms with Gasteiger partial charge in [0.15, 0.2) is 0 Å². The molecule has 124 valence electrons. The molecule has 0 saturated carbocycles. The van der Waals surface area contributed by atoms with Gasteiger partial charge in [0, 0.05) is 12.2 Å². The summed E-state index contributed by atoms with van der Waals surface area (Å²) in [7, 11) is 1.36. The summed E-state index contributed by atoms with van der Waals surface area (Å²) in [6.07, 6.45) is 0. The molecule has 0 fully saturated rings. The summed E-state index contributed by atoms with van der Waals surface area (Å²) in [5, 5.41) is 2.93. The number of urea groups is 1. The summed E-state index contributed by atoms with van der Waals surface area (Å²) in [5.41, 5.74) is 3.13. The fourth-order valence-electron chi connectivity index (χ4n) is 2.75. The number of nitrogens with one attached hydrogen (secondary N) is 1. The number of esters is 1. The summed E-state index contributed by atoms with van der Waals surface area (Å²) in [5.74, 6) is -0.118. The van der Waals surface area contributed by atoms with E-state index in [9.17, 15) is 9.59 Å². The Morgan fingerprint density at radius 2 is 1.87 bits per heavy atom. The molecule has 1 N–H and O–H groups in total. The summed E-state index contributed by atoms with van der Waals surface area (Å²) < 4.78 is 4.95. The first-order valence-electron chi connectivity index (χ1n) is 7.78. The Hall–Kier alpha value is -2.30. The van der Waals surface area contributed by atoms with Gasteiger partial charge in [-0.15, -0.1) is 0 Å². The third-order valence-corrected chi connectivity index (χ3v) is 3.96. The van der Waals surface area contributed by atoms with Crippen LogP contribution in [0.5, 0.6) is 0 Å². The molecule has 23 heavy (non-hydrogen) atoms. The molecule has 0 aliphatic carbocycles. The normalized spacial score (nSPS) is 18.3. The van der Waals surface area contributed by atoms with Gasteiger partial charge in [-0.1, -0.05) is 43.7 Å². The van der Waals surface area contributed by atoms with E-state index in [0.717, 1.165) is 11.1 Å². The molecule has 0 radical (unpaired) electrons. The lowest BCUT2D eigenvalue weighted by atomic mass is 9.94. The van der Waals surface area contributed by atoms with Crippen molar-refractivity contribution in [2.45, 2.75) is 33.7 Å². The van der Waals surface area contributed by atoms with Gasteiger partial charge in [-0.05, 0) is 25.3 Å². The molecule has 1 aromatic carbocycles. The number of carbonyl (C=O) groups excluding carboxylic acids is 2. The maximum absolute atomic E-state index is 12.5. The van der Waals surface area contributed by atoms with E-state index < -0.39 is 12.0 Å². The van der Waals surface area contributed by atoms with Crippen molar-refractivity contribution in [1.29, 1.82) is 0 Å². The van der Waals surface area contributed by atoms with E-state index >= 15 is 0 Å². The highest BCUT2D eigenvalue weighted by molar-refractivity contribution is 5.95. The molecule has 0 spiro atoms. The minimum absolute atomic E-state index is 0.186. The zero-order valence-electron chi connectivity index (χ0n) is 14.3. The second-order valence-electron chi connectivity index (χ2n) is 6.29. The number of amides is 2. The van der Waals surface area contributed by atoms with E-state index in [-0.39, 0.29) is 6.03 Å². The highest BCUT2D eigenvalue weighted by Gasteiger charge is 2.36. The maximum Gasteiger partial charge on any atom is 0.337 e. The molecule has 0 saturated heterocycles. The quantitative estimate of drug-likeness (QED) is 0.868. The van der Waals surface area contributed by atoms with Gasteiger partial charge in [-0.2, -0.15) is 0 Å². The fourth-order valence-corrected chi connectivity index (χ4v) is 2.75. The van der Waals surface area contributed by atoms with Crippen LogP contribution in [0.4, 0.5) is 4.79 Å². The van der Waals surface area contributed by atoms with Gasteiger partial charge in [0.25, 0.3) is 0 Å². The van der Waals surface area contributed by atoms with Crippen LogP contribution < -0.4 is 5.32 Å². The molecule has 2 amide bonds. The minimum Gasteiger partial charge on any atom is -0.466 e. The number of hydrogen-bond donors (Lipinski definition) is 1. The Morgan fingerprint density at radius 1 is 1.26 bits per heavy atom. The van der Waals surface area contributed by atoms with Crippen LogP contribution in [-0.2, 0) is 9.53 Å². The number of allylic oxidation sites excluding steroid dienone is 1. The smallest absolute Gasteiger partial charge is 0.337 e. The van der Waals surface area contributed by atoms with Crippen molar-refractivity contribution in [2.75, 3.05) is 13.7 Å². The van der Waals surface area contributed by atoms with Crippen LogP contribution >= 0.6 is 0 Å². The van der Waals surface area contributed by atoms with Gasteiger partial charge in [-0.3, -0.25) is 4.90 Å². The molecule has 1 aliphatic heterocycles. The first kappa shape index (κ1) is 17.1. The molecule has 0 aromatic heterocycles. The SMILES string of the molecule is COC(=O)C1=C(C)N(CC(C)C)C(=O)N[C@H]1c1ccc(C)cc1. The van der Waals surface area contributed by atoms with E-state index in [4.69, 9.17) is 4.74 Å². The van der Waals surface area contributed by atoms with Crippen LogP contribution in [0, 0.1) is 12.8 Å². The number of carbonyl (C=O) groups is 2. The molecule has 5 heteroatoms. The highest BCUT2D eigenvalue weighted by atomic mass is 16.5. The molecule has 2 rings (SSSR count). The van der Waals surface area contributed by atoms with Gasteiger partial charge in [0.1, 0.15) is 0 Å². The average molecular weight is 316 g/mol. The van der Waals surface area contributed by atoms with Gasteiger partial charge in [-0.25, -0.2) is 9.59 Å². The number of hydrogen-bond acceptors (Lipinski definition) is 3. The van der Waals surface area contributed by atoms with Crippen LogP contribution in [0.1, 0.15) is 37.9 Å². The summed E-state index contributed by atoms with van der Waals surface area (Å²) >= 11 is 0. The van der Waals surface area contributed by atoms with Crippen molar-refractivity contribution in [3.05, 3.63) is 46.7 Å². The molecule has 1 atom stereocenters. The molecule has 1 aromatic rings. The van der Waals surface area contributed by atoms with E-state index in [1.54, 1.807) is 11.8 Å². The second-order valence-corrected chi connectivity index (χ2v) is 6.29. The van der Waals surface area contributed by atoms with Crippen molar-refractivity contribution in [3.63, 3.8) is 0 Å². The minimum atomic E-state index is -0.487. The topological polar surface area (TPSA) is 58.6 Å². The maximum atomic E-state index is 12.5. The second kappa shape index (κ2) is 6.86. The highest BCUT2D eigenvalue weighted by Crippen LogP contribution is 2.31. The Bertz CT molecular complexity index is 632. The largest absolute Gasteiger partial charge is 0.466 e. The lowest BCUT2D eigenvalue weighted by Gasteiger charge is -2.36. The zero-order chi connectivity index (χ0) is 17.1. The van der Waals surface area contributed by atoms with Gasteiger partial charge < -0.3 is 10.1 Å². The van der Waals surface area contributed by atoms with Gasteiger partial charge in [0.2, 0.25) is 0 Å². The summed E-state index contributed by atoms with van der Waals surface area (Å²) in [4.78, 5) is 26.4. The number of ether oxygens (including phenoxy) is 1. The van der Waals surface area contributed by atoms with E-state index in [0.29, 0.717) is 23.7 Å². The standard InChI is InChI=1S/C18H24N2O3/c1-11(2)10-20-13(4)15(17(21)23-5)16(19-18(20)22)14-8-6-12(3)7-9-14/h6-9,11,16H,10H2,1-5H3,(H,19,22)/t16-/m0/s1. The molecule has 0 unspecified atom stereocenters. The third kappa shape index (κ3) is 3.55. The Labute approximate surface area is 137 Å². The summed E-state index contributed by atoms with van der Waals surface area (Å²) in [6, 6.07) is 7.11. The Kier molecular flexibility index (Phi) is 5.08. The summed E-state index contributed by atoms with van der Waals surface area (Å²) in [6.45, 7) is 8.41. The molecular formula is C18H24N2O3. The number of nitrogens with zero attached hydrogens (tertiary/aromatic N) is 1. The first-order valence-corrected chi connectivity index (χ1v) is 7.78. The zero-order valence-corrected chi connectivity index (χ0v) is 14.3. The predicted octanol–water partition coefficient (Wildman–Crippen LogP) is 3.16. The van der Waals surface area contributed by atoms with E-state index in [1.165, 1.54) is 7.11 Å². The number of aryl methyl sites for hydroxylation is 1.